The zero-order valence-corrected chi connectivity index (χ0v) is 12.9. The van der Waals surface area contributed by atoms with E-state index in [1.54, 1.807) is 0 Å². The first-order chi connectivity index (χ1) is 9.72. The molecule has 0 aromatic heterocycles. The van der Waals surface area contributed by atoms with Crippen molar-refractivity contribution in [3.8, 4) is 11.5 Å². The lowest BCUT2D eigenvalue weighted by atomic mass is 9.88. The average Bonchev–Trinajstić information content (AvgIpc) is 2.71. The Labute approximate surface area is 122 Å². The maximum absolute atomic E-state index is 5.78. The molecule has 0 amide bonds. The van der Waals surface area contributed by atoms with Gasteiger partial charge >= 0.3 is 0 Å². The molecule has 2 rings (SSSR count). The Hall–Kier alpha value is -1.22. The largest absolute Gasteiger partial charge is 0.490 e. The third-order valence-electron chi connectivity index (χ3n) is 4.04. The zero-order chi connectivity index (χ0) is 14.4. The predicted octanol–water partition coefficient (Wildman–Crippen LogP) is 3.59. The van der Waals surface area contributed by atoms with E-state index in [9.17, 15) is 0 Å². The molecule has 3 heteroatoms. The lowest BCUT2D eigenvalue weighted by molar-refractivity contribution is 0.297. The molecule has 1 aromatic carbocycles. The van der Waals surface area contributed by atoms with Crippen LogP contribution in [-0.2, 0) is 0 Å². The molecule has 0 radical (unpaired) electrons. The first-order valence-corrected chi connectivity index (χ1v) is 7.82. The molecule has 0 bridgehead atoms. The number of ether oxygens (including phenoxy) is 2. The molecule has 1 heterocycles. The lowest BCUT2D eigenvalue weighted by Gasteiger charge is -2.22. The van der Waals surface area contributed by atoms with E-state index in [0.29, 0.717) is 11.8 Å². The second-order valence-electron chi connectivity index (χ2n) is 5.73. The molecular formula is C17H27NO2. The SMILES string of the molecule is CCCNCC(C)C(C)c1ccc2c(c1)OCCCO2. The highest BCUT2D eigenvalue weighted by molar-refractivity contribution is 5.44. The Balaban J connectivity index is 2.02. The number of nitrogens with one attached hydrogen (secondary N) is 1. The summed E-state index contributed by atoms with van der Waals surface area (Å²) in [6.07, 6.45) is 2.14. The van der Waals surface area contributed by atoms with Crippen LogP contribution >= 0.6 is 0 Å². The second kappa shape index (κ2) is 7.53. The minimum Gasteiger partial charge on any atom is -0.490 e. The molecule has 2 atom stereocenters. The first-order valence-electron chi connectivity index (χ1n) is 7.82. The van der Waals surface area contributed by atoms with Gasteiger partial charge in [-0.2, -0.15) is 0 Å². The maximum Gasteiger partial charge on any atom is 0.161 e. The van der Waals surface area contributed by atoms with Gasteiger partial charge in [-0.3, -0.25) is 0 Å². The Kier molecular flexibility index (Phi) is 5.72. The minimum atomic E-state index is 0.511. The third kappa shape index (κ3) is 3.89. The van der Waals surface area contributed by atoms with Gasteiger partial charge < -0.3 is 14.8 Å². The molecule has 20 heavy (non-hydrogen) atoms. The fraction of sp³-hybridized carbons (Fsp3) is 0.647. The summed E-state index contributed by atoms with van der Waals surface area (Å²) < 4.78 is 11.5. The van der Waals surface area contributed by atoms with Crippen LogP contribution in [-0.4, -0.2) is 26.3 Å². The van der Waals surface area contributed by atoms with Gasteiger partial charge in [0.1, 0.15) is 0 Å². The molecule has 1 aliphatic rings. The molecule has 0 aliphatic carbocycles. The van der Waals surface area contributed by atoms with Crippen molar-refractivity contribution in [3.05, 3.63) is 23.8 Å². The number of hydrogen-bond donors (Lipinski definition) is 1. The van der Waals surface area contributed by atoms with E-state index in [2.05, 4.69) is 44.3 Å². The molecule has 0 saturated heterocycles. The number of hydrogen-bond acceptors (Lipinski definition) is 3. The fourth-order valence-corrected chi connectivity index (χ4v) is 2.47. The van der Waals surface area contributed by atoms with Crippen molar-refractivity contribution in [3.63, 3.8) is 0 Å². The number of rotatable bonds is 6. The molecule has 1 N–H and O–H groups in total. The van der Waals surface area contributed by atoms with Crippen molar-refractivity contribution in [2.24, 2.45) is 5.92 Å². The van der Waals surface area contributed by atoms with Crippen LogP contribution in [0.2, 0.25) is 0 Å². The molecular weight excluding hydrogens is 250 g/mol. The molecule has 3 nitrogen and oxygen atoms in total. The standard InChI is InChI=1S/C17H27NO2/c1-4-8-18-12-13(2)14(3)15-6-7-16-17(11-15)20-10-5-9-19-16/h6-7,11,13-14,18H,4-5,8-10,12H2,1-3H3. The summed E-state index contributed by atoms with van der Waals surface area (Å²) in [6, 6.07) is 6.38. The van der Waals surface area contributed by atoms with Crippen LogP contribution in [0.25, 0.3) is 0 Å². The molecule has 2 unspecified atom stereocenters. The Morgan fingerprint density at radius 2 is 1.90 bits per heavy atom. The predicted molar refractivity (Wildman–Crippen MR) is 82.8 cm³/mol. The summed E-state index contributed by atoms with van der Waals surface area (Å²) in [6.45, 7) is 10.4. The minimum absolute atomic E-state index is 0.511. The zero-order valence-electron chi connectivity index (χ0n) is 12.9. The molecule has 1 aliphatic heterocycles. The van der Waals surface area contributed by atoms with Gasteiger partial charge in [-0.25, -0.2) is 0 Å². The van der Waals surface area contributed by atoms with Crippen LogP contribution in [0.15, 0.2) is 18.2 Å². The topological polar surface area (TPSA) is 30.5 Å². The Bertz CT molecular complexity index is 419. The molecule has 112 valence electrons. The van der Waals surface area contributed by atoms with E-state index < -0.39 is 0 Å². The van der Waals surface area contributed by atoms with Gasteiger partial charge in [0, 0.05) is 6.42 Å². The van der Waals surface area contributed by atoms with Crippen molar-refractivity contribution < 1.29 is 9.47 Å². The van der Waals surface area contributed by atoms with Gasteiger partial charge in [-0.05, 0) is 49.0 Å². The number of fused-ring (bicyclic) bond motifs is 1. The molecule has 0 saturated carbocycles. The summed E-state index contributed by atoms with van der Waals surface area (Å²) in [5.41, 5.74) is 1.33. The van der Waals surface area contributed by atoms with E-state index in [1.807, 2.05) is 0 Å². The van der Waals surface area contributed by atoms with Gasteiger partial charge in [0.2, 0.25) is 0 Å². The van der Waals surface area contributed by atoms with Crippen molar-refractivity contribution in [1.82, 2.24) is 5.32 Å². The van der Waals surface area contributed by atoms with Crippen LogP contribution in [0, 0.1) is 5.92 Å². The van der Waals surface area contributed by atoms with Crippen LogP contribution in [0.4, 0.5) is 0 Å². The number of benzene rings is 1. The highest BCUT2D eigenvalue weighted by Crippen LogP contribution is 2.34. The summed E-state index contributed by atoms with van der Waals surface area (Å²) in [4.78, 5) is 0. The van der Waals surface area contributed by atoms with E-state index in [0.717, 1.165) is 44.2 Å². The third-order valence-corrected chi connectivity index (χ3v) is 4.04. The summed E-state index contributed by atoms with van der Waals surface area (Å²) in [5, 5.41) is 3.50. The maximum atomic E-state index is 5.78. The summed E-state index contributed by atoms with van der Waals surface area (Å²) >= 11 is 0. The molecule has 1 aromatic rings. The summed E-state index contributed by atoms with van der Waals surface area (Å²) in [7, 11) is 0. The highest BCUT2D eigenvalue weighted by atomic mass is 16.5. The van der Waals surface area contributed by atoms with E-state index >= 15 is 0 Å². The molecule has 0 fully saturated rings. The first kappa shape index (κ1) is 15.2. The smallest absolute Gasteiger partial charge is 0.161 e. The quantitative estimate of drug-likeness (QED) is 0.806. The molecule has 0 spiro atoms. The lowest BCUT2D eigenvalue weighted by Crippen LogP contribution is -2.25. The van der Waals surface area contributed by atoms with Crippen LogP contribution < -0.4 is 14.8 Å². The van der Waals surface area contributed by atoms with Crippen LogP contribution in [0.5, 0.6) is 11.5 Å². The summed E-state index contributed by atoms with van der Waals surface area (Å²) in [5.74, 6) is 2.90. The van der Waals surface area contributed by atoms with Gasteiger partial charge in [-0.1, -0.05) is 26.8 Å². The van der Waals surface area contributed by atoms with Crippen LogP contribution in [0.3, 0.4) is 0 Å². The monoisotopic (exact) mass is 277 g/mol. The Morgan fingerprint density at radius 3 is 2.65 bits per heavy atom. The van der Waals surface area contributed by atoms with Gasteiger partial charge in [0.15, 0.2) is 11.5 Å². The van der Waals surface area contributed by atoms with Crippen molar-refractivity contribution in [1.29, 1.82) is 0 Å². The van der Waals surface area contributed by atoms with Gasteiger partial charge in [-0.15, -0.1) is 0 Å². The van der Waals surface area contributed by atoms with E-state index in [-0.39, 0.29) is 0 Å². The Morgan fingerprint density at radius 1 is 1.15 bits per heavy atom. The van der Waals surface area contributed by atoms with E-state index in [4.69, 9.17) is 9.47 Å². The average molecular weight is 277 g/mol. The van der Waals surface area contributed by atoms with Crippen molar-refractivity contribution in [2.75, 3.05) is 26.3 Å². The highest BCUT2D eigenvalue weighted by Gasteiger charge is 2.17. The van der Waals surface area contributed by atoms with Crippen molar-refractivity contribution >= 4 is 0 Å². The van der Waals surface area contributed by atoms with Crippen LogP contribution in [0.1, 0.15) is 45.1 Å². The van der Waals surface area contributed by atoms with Gasteiger partial charge in [0.25, 0.3) is 0 Å². The second-order valence-corrected chi connectivity index (χ2v) is 5.73. The normalized spacial score (nSPS) is 17.4. The van der Waals surface area contributed by atoms with Gasteiger partial charge in [0.05, 0.1) is 13.2 Å². The van der Waals surface area contributed by atoms with E-state index in [1.165, 1.54) is 12.0 Å². The fourth-order valence-electron chi connectivity index (χ4n) is 2.47. The van der Waals surface area contributed by atoms with Crippen molar-refractivity contribution in [2.45, 2.75) is 39.5 Å².